The number of rotatable bonds is 4. The third kappa shape index (κ3) is 4.51. The first-order valence-corrected chi connectivity index (χ1v) is 10.5. The molecule has 7 nitrogen and oxygen atoms in total. The molecule has 1 aliphatic rings. The molecule has 0 unspecified atom stereocenters. The van der Waals surface area contributed by atoms with Crippen molar-refractivity contribution < 1.29 is 23.2 Å². The fraction of sp³-hybridized carbons (Fsp3) is 0.227. The Morgan fingerprint density at radius 3 is 2.26 bits per heavy atom. The summed E-state index contributed by atoms with van der Waals surface area (Å²) in [6.07, 6.45) is 1.42. The molecule has 3 aromatic rings. The van der Waals surface area contributed by atoms with Gasteiger partial charge in [-0.25, -0.2) is 4.39 Å². The van der Waals surface area contributed by atoms with Crippen LogP contribution in [0.2, 0.25) is 0 Å². The Morgan fingerprint density at radius 1 is 1.00 bits per heavy atom. The minimum Gasteiger partial charge on any atom is -0.459 e. The number of nitrogens with one attached hydrogen (secondary N) is 1. The lowest BCUT2D eigenvalue weighted by Gasteiger charge is -2.34. The monoisotopic (exact) mass is 441 g/mol. The van der Waals surface area contributed by atoms with Gasteiger partial charge in [0.2, 0.25) is 0 Å². The molecule has 1 aromatic carbocycles. The van der Waals surface area contributed by atoms with Gasteiger partial charge in [-0.15, -0.1) is 11.3 Å². The predicted octanol–water partition coefficient (Wildman–Crippen LogP) is 3.64. The van der Waals surface area contributed by atoms with Crippen molar-refractivity contribution in [3.63, 3.8) is 0 Å². The van der Waals surface area contributed by atoms with Crippen LogP contribution >= 0.6 is 11.3 Å². The summed E-state index contributed by atoms with van der Waals surface area (Å²) < 4.78 is 18.2. The Bertz CT molecular complexity index is 1100. The molecule has 31 heavy (non-hydrogen) atoms. The molecule has 0 radical (unpaired) electrons. The Kier molecular flexibility index (Phi) is 5.85. The number of carbonyl (C=O) groups excluding carboxylic acids is 3. The van der Waals surface area contributed by atoms with Gasteiger partial charge in [0.25, 0.3) is 17.7 Å². The third-order valence-electron chi connectivity index (χ3n) is 5.04. The van der Waals surface area contributed by atoms with E-state index in [0.717, 1.165) is 5.56 Å². The maximum atomic E-state index is 13.1. The molecule has 0 spiro atoms. The van der Waals surface area contributed by atoms with E-state index < -0.39 is 5.82 Å². The second kappa shape index (κ2) is 8.73. The smallest absolute Gasteiger partial charge is 0.291 e. The van der Waals surface area contributed by atoms with E-state index in [0.29, 0.717) is 41.6 Å². The maximum absolute atomic E-state index is 13.1. The molecule has 160 valence electrons. The summed E-state index contributed by atoms with van der Waals surface area (Å²) in [5, 5.41) is 3.31. The van der Waals surface area contributed by atoms with Crippen LogP contribution in [0.5, 0.6) is 0 Å². The minimum atomic E-state index is -0.391. The van der Waals surface area contributed by atoms with Crippen molar-refractivity contribution in [3.8, 4) is 0 Å². The summed E-state index contributed by atoms with van der Waals surface area (Å²) >= 11 is 1.21. The topological polar surface area (TPSA) is 82.9 Å². The van der Waals surface area contributed by atoms with E-state index in [4.69, 9.17) is 4.42 Å². The number of aryl methyl sites for hydroxylation is 1. The number of halogens is 1. The number of nitrogens with zero attached hydrogens (tertiary/aromatic N) is 2. The van der Waals surface area contributed by atoms with E-state index in [1.54, 1.807) is 28.0 Å². The largest absolute Gasteiger partial charge is 0.459 e. The Labute approximate surface area is 182 Å². The fourth-order valence-electron chi connectivity index (χ4n) is 3.37. The summed E-state index contributed by atoms with van der Waals surface area (Å²) in [6, 6.07) is 10.4. The first-order valence-electron chi connectivity index (χ1n) is 9.72. The van der Waals surface area contributed by atoms with Crippen LogP contribution in [0.1, 0.15) is 36.1 Å². The highest BCUT2D eigenvalue weighted by atomic mass is 32.1. The zero-order valence-electron chi connectivity index (χ0n) is 16.8. The highest BCUT2D eigenvalue weighted by Crippen LogP contribution is 2.28. The molecule has 0 aliphatic carbocycles. The first-order chi connectivity index (χ1) is 14.9. The number of hydrogen-bond acceptors (Lipinski definition) is 5. The minimum absolute atomic E-state index is 0.130. The third-order valence-corrected chi connectivity index (χ3v) is 6.18. The summed E-state index contributed by atoms with van der Waals surface area (Å²) in [7, 11) is 0. The number of furan rings is 1. The van der Waals surface area contributed by atoms with Gasteiger partial charge in [0.1, 0.15) is 5.82 Å². The summed E-state index contributed by atoms with van der Waals surface area (Å²) in [6.45, 7) is 3.41. The molecule has 0 bridgehead atoms. The molecule has 9 heteroatoms. The van der Waals surface area contributed by atoms with Crippen LogP contribution in [-0.4, -0.2) is 53.7 Å². The zero-order valence-corrected chi connectivity index (χ0v) is 17.6. The van der Waals surface area contributed by atoms with Gasteiger partial charge < -0.3 is 19.5 Å². The van der Waals surface area contributed by atoms with Gasteiger partial charge in [0.05, 0.1) is 16.1 Å². The second-order valence-electron chi connectivity index (χ2n) is 7.15. The van der Waals surface area contributed by atoms with Gasteiger partial charge in [0.15, 0.2) is 5.76 Å². The molecule has 0 saturated carbocycles. The number of carbonyl (C=O) groups is 3. The SMILES string of the molecule is Cc1cc(NC(=O)c2ccco2)sc1C(=O)N1CCN(C(=O)c2ccc(F)cc2)CC1. The van der Waals surface area contributed by atoms with Gasteiger partial charge in [-0.05, 0) is 55.0 Å². The molecule has 1 aliphatic heterocycles. The van der Waals surface area contributed by atoms with Crippen LogP contribution in [0.15, 0.2) is 53.1 Å². The summed E-state index contributed by atoms with van der Waals surface area (Å²) in [5.41, 5.74) is 1.20. The number of thiophene rings is 1. The van der Waals surface area contributed by atoms with Crippen molar-refractivity contribution in [2.75, 3.05) is 31.5 Å². The van der Waals surface area contributed by atoms with Crippen molar-refractivity contribution in [2.24, 2.45) is 0 Å². The number of benzene rings is 1. The average molecular weight is 441 g/mol. The van der Waals surface area contributed by atoms with E-state index in [2.05, 4.69) is 5.32 Å². The average Bonchev–Trinajstić information content (AvgIpc) is 3.43. The molecule has 0 atom stereocenters. The van der Waals surface area contributed by atoms with Crippen LogP contribution in [0, 0.1) is 12.7 Å². The number of amides is 3. The van der Waals surface area contributed by atoms with Crippen LogP contribution in [0.3, 0.4) is 0 Å². The number of piperazine rings is 1. The molecular formula is C22H20FN3O4S. The van der Waals surface area contributed by atoms with E-state index in [1.807, 2.05) is 6.92 Å². The highest BCUT2D eigenvalue weighted by molar-refractivity contribution is 7.18. The highest BCUT2D eigenvalue weighted by Gasteiger charge is 2.27. The molecule has 3 amide bonds. The first kappa shape index (κ1) is 20.8. The standard InChI is InChI=1S/C22H20FN3O4S/c1-14-13-18(24-20(27)17-3-2-12-30-17)31-19(14)22(29)26-10-8-25(9-11-26)21(28)15-4-6-16(23)7-5-15/h2-7,12-13H,8-11H2,1H3,(H,24,27). The molecule has 1 saturated heterocycles. The van der Waals surface area contributed by atoms with Crippen LogP contribution in [0.25, 0.3) is 0 Å². The predicted molar refractivity (Wildman–Crippen MR) is 114 cm³/mol. The van der Waals surface area contributed by atoms with E-state index in [9.17, 15) is 18.8 Å². The van der Waals surface area contributed by atoms with Gasteiger partial charge in [-0.1, -0.05) is 0 Å². The summed E-state index contributed by atoms with van der Waals surface area (Å²) in [5.74, 6) is -0.880. The Hall–Kier alpha value is -3.46. The van der Waals surface area contributed by atoms with Gasteiger partial charge in [0, 0.05) is 31.7 Å². The van der Waals surface area contributed by atoms with Gasteiger partial charge in [-0.2, -0.15) is 0 Å². The molecule has 1 N–H and O–H groups in total. The van der Waals surface area contributed by atoms with Crippen molar-refractivity contribution >= 4 is 34.1 Å². The molecule has 4 rings (SSSR count). The van der Waals surface area contributed by atoms with Crippen LogP contribution < -0.4 is 5.32 Å². The Morgan fingerprint density at radius 2 is 1.65 bits per heavy atom. The lowest BCUT2D eigenvalue weighted by atomic mass is 10.1. The van der Waals surface area contributed by atoms with Crippen molar-refractivity contribution in [2.45, 2.75) is 6.92 Å². The molecule has 1 fully saturated rings. The van der Waals surface area contributed by atoms with E-state index in [1.165, 1.54) is 41.9 Å². The molecule has 2 aromatic heterocycles. The maximum Gasteiger partial charge on any atom is 0.291 e. The molecule has 3 heterocycles. The number of hydrogen-bond donors (Lipinski definition) is 1. The van der Waals surface area contributed by atoms with Crippen molar-refractivity contribution in [1.82, 2.24) is 9.80 Å². The Balaban J connectivity index is 1.37. The van der Waals surface area contributed by atoms with E-state index >= 15 is 0 Å². The number of anilines is 1. The second-order valence-corrected chi connectivity index (χ2v) is 8.20. The lowest BCUT2D eigenvalue weighted by Crippen LogP contribution is -2.50. The quantitative estimate of drug-likeness (QED) is 0.670. The van der Waals surface area contributed by atoms with E-state index in [-0.39, 0.29) is 23.5 Å². The normalized spacial score (nSPS) is 13.9. The molecular weight excluding hydrogens is 421 g/mol. The fourth-order valence-corrected chi connectivity index (χ4v) is 4.40. The van der Waals surface area contributed by atoms with Gasteiger partial charge in [-0.3, -0.25) is 14.4 Å². The van der Waals surface area contributed by atoms with Crippen molar-refractivity contribution in [1.29, 1.82) is 0 Å². The summed E-state index contributed by atoms with van der Waals surface area (Å²) in [4.78, 5) is 41.6. The zero-order chi connectivity index (χ0) is 22.0. The van der Waals surface area contributed by atoms with Gasteiger partial charge >= 0.3 is 0 Å². The van der Waals surface area contributed by atoms with Crippen LogP contribution in [-0.2, 0) is 0 Å². The van der Waals surface area contributed by atoms with Crippen LogP contribution in [0.4, 0.5) is 9.39 Å². The van der Waals surface area contributed by atoms with Crippen molar-refractivity contribution in [3.05, 3.63) is 76.3 Å². The lowest BCUT2D eigenvalue weighted by molar-refractivity contribution is 0.0537.